The van der Waals surface area contributed by atoms with E-state index >= 15 is 0 Å². The van der Waals surface area contributed by atoms with Crippen LogP contribution in [0, 0.1) is 0 Å². The van der Waals surface area contributed by atoms with Crippen molar-refractivity contribution in [1.82, 2.24) is 5.32 Å². The van der Waals surface area contributed by atoms with Crippen LogP contribution in [0.4, 0.5) is 11.4 Å². The molecule has 0 radical (unpaired) electrons. The van der Waals surface area contributed by atoms with Crippen LogP contribution in [-0.4, -0.2) is 30.8 Å². The summed E-state index contributed by atoms with van der Waals surface area (Å²) in [6.45, 7) is 0.140. The number of anilines is 2. The van der Waals surface area contributed by atoms with Crippen LogP contribution in [0.15, 0.2) is 47.1 Å². The second-order valence-corrected chi connectivity index (χ2v) is 5.03. The van der Waals surface area contributed by atoms with Crippen LogP contribution in [0.1, 0.15) is 17.0 Å². The van der Waals surface area contributed by atoms with Crippen LogP contribution in [0.3, 0.4) is 0 Å². The Kier molecular flexibility index (Phi) is 4.09. The van der Waals surface area contributed by atoms with Gasteiger partial charge >= 0.3 is 0 Å². The van der Waals surface area contributed by atoms with Gasteiger partial charge in [0, 0.05) is 13.0 Å². The largest absolute Gasteiger partial charge is 0.459 e. The first-order valence-corrected chi connectivity index (χ1v) is 7.16. The van der Waals surface area contributed by atoms with E-state index < -0.39 is 0 Å². The molecule has 23 heavy (non-hydrogen) atoms. The van der Waals surface area contributed by atoms with Gasteiger partial charge in [0.25, 0.3) is 5.91 Å². The van der Waals surface area contributed by atoms with Crippen molar-refractivity contribution < 1.29 is 18.8 Å². The Morgan fingerprint density at radius 1 is 1.22 bits per heavy atom. The molecule has 1 aromatic heterocycles. The molecule has 3 rings (SSSR count). The summed E-state index contributed by atoms with van der Waals surface area (Å²) in [6, 6.07) is 10.3. The fourth-order valence-electron chi connectivity index (χ4n) is 2.37. The number of fused-ring (bicyclic) bond motifs is 1. The zero-order valence-electron chi connectivity index (χ0n) is 12.2. The molecule has 1 aliphatic heterocycles. The maximum absolute atomic E-state index is 12.3. The molecule has 7 nitrogen and oxygen atoms in total. The number of hydrogen-bond donors (Lipinski definition) is 2. The highest BCUT2D eigenvalue weighted by Crippen LogP contribution is 2.29. The molecule has 0 saturated carbocycles. The third-order valence-electron chi connectivity index (χ3n) is 3.44. The van der Waals surface area contributed by atoms with Gasteiger partial charge in [-0.1, -0.05) is 12.1 Å². The Labute approximate surface area is 132 Å². The lowest BCUT2D eigenvalue weighted by Gasteiger charge is -2.29. The highest BCUT2D eigenvalue weighted by molar-refractivity contribution is 6.09. The molecule has 0 bridgehead atoms. The van der Waals surface area contributed by atoms with Gasteiger partial charge < -0.3 is 20.0 Å². The van der Waals surface area contributed by atoms with E-state index in [0.717, 1.165) is 0 Å². The molecule has 7 heteroatoms. The zero-order chi connectivity index (χ0) is 16.2. The van der Waals surface area contributed by atoms with E-state index in [1.807, 2.05) is 0 Å². The number of furan rings is 1. The number of nitrogens with zero attached hydrogens (tertiary/aromatic N) is 1. The molecule has 1 aromatic carbocycles. The van der Waals surface area contributed by atoms with Gasteiger partial charge in [-0.2, -0.15) is 0 Å². The van der Waals surface area contributed by atoms with Gasteiger partial charge in [-0.05, 0) is 24.3 Å². The van der Waals surface area contributed by atoms with Gasteiger partial charge in [0.2, 0.25) is 11.8 Å². The number of rotatable bonds is 4. The van der Waals surface area contributed by atoms with Crippen LogP contribution in [0.25, 0.3) is 0 Å². The molecular formula is C16H15N3O4. The van der Waals surface area contributed by atoms with Gasteiger partial charge in [-0.3, -0.25) is 14.4 Å². The molecule has 2 heterocycles. The Balaban J connectivity index is 1.60. The minimum Gasteiger partial charge on any atom is -0.459 e. The van der Waals surface area contributed by atoms with Crippen LogP contribution in [0.5, 0.6) is 0 Å². The molecule has 0 aliphatic carbocycles. The monoisotopic (exact) mass is 313 g/mol. The molecule has 1 aliphatic rings. The summed E-state index contributed by atoms with van der Waals surface area (Å²) in [5.74, 6) is -0.650. The van der Waals surface area contributed by atoms with Gasteiger partial charge in [0.15, 0.2) is 5.76 Å². The third-order valence-corrected chi connectivity index (χ3v) is 3.44. The topological polar surface area (TPSA) is 91.7 Å². The maximum atomic E-state index is 12.3. The molecule has 2 N–H and O–H groups in total. The number of benzene rings is 1. The van der Waals surface area contributed by atoms with Crippen molar-refractivity contribution in [2.24, 2.45) is 0 Å². The van der Waals surface area contributed by atoms with Crippen molar-refractivity contribution in [2.45, 2.75) is 6.42 Å². The van der Waals surface area contributed by atoms with Crippen molar-refractivity contribution in [3.63, 3.8) is 0 Å². The van der Waals surface area contributed by atoms with Crippen LogP contribution in [0.2, 0.25) is 0 Å². The Bertz CT molecular complexity index is 740. The second kappa shape index (κ2) is 6.35. The van der Waals surface area contributed by atoms with Gasteiger partial charge in [-0.25, -0.2) is 0 Å². The predicted molar refractivity (Wildman–Crippen MR) is 83.1 cm³/mol. The number of amides is 3. The molecule has 0 atom stereocenters. The summed E-state index contributed by atoms with van der Waals surface area (Å²) in [6.07, 6.45) is 1.50. The van der Waals surface area contributed by atoms with Crippen molar-refractivity contribution >= 4 is 29.1 Å². The number of carbonyl (C=O) groups is 3. The van der Waals surface area contributed by atoms with Crippen LogP contribution >= 0.6 is 0 Å². The highest BCUT2D eigenvalue weighted by Gasteiger charge is 2.26. The highest BCUT2D eigenvalue weighted by atomic mass is 16.3. The average molecular weight is 313 g/mol. The number of carbonyl (C=O) groups excluding carboxylic acids is 3. The second-order valence-electron chi connectivity index (χ2n) is 5.03. The Hall–Kier alpha value is -3.09. The minimum absolute atomic E-state index is 0.0258. The normalized spacial score (nSPS) is 13.2. The van der Waals surface area contributed by atoms with Crippen LogP contribution < -0.4 is 15.5 Å². The van der Waals surface area contributed by atoms with Crippen molar-refractivity contribution in [1.29, 1.82) is 0 Å². The van der Waals surface area contributed by atoms with Crippen LogP contribution in [-0.2, 0) is 9.59 Å². The summed E-state index contributed by atoms with van der Waals surface area (Å²) < 4.78 is 4.97. The molecular weight excluding hydrogens is 298 g/mol. The quantitative estimate of drug-likeness (QED) is 0.892. The first-order chi connectivity index (χ1) is 11.1. The summed E-state index contributed by atoms with van der Waals surface area (Å²) in [4.78, 5) is 37.2. The van der Waals surface area contributed by atoms with Crippen molar-refractivity contribution in [3.05, 3.63) is 48.4 Å². The molecule has 0 unspecified atom stereocenters. The molecule has 0 spiro atoms. The van der Waals surface area contributed by atoms with E-state index in [4.69, 9.17) is 4.42 Å². The molecule has 2 aromatic rings. The predicted octanol–water partition coefficient (Wildman–Crippen LogP) is 1.38. The summed E-state index contributed by atoms with van der Waals surface area (Å²) >= 11 is 0. The molecule has 3 amide bonds. The van der Waals surface area contributed by atoms with Crippen molar-refractivity contribution in [3.8, 4) is 0 Å². The molecule has 118 valence electrons. The number of hydrogen-bond acceptors (Lipinski definition) is 4. The van der Waals surface area contributed by atoms with E-state index in [9.17, 15) is 14.4 Å². The lowest BCUT2D eigenvalue weighted by atomic mass is 10.2. The summed E-state index contributed by atoms with van der Waals surface area (Å²) in [5.41, 5.74) is 1.27. The fourth-order valence-corrected chi connectivity index (χ4v) is 2.37. The van der Waals surface area contributed by atoms with Gasteiger partial charge in [0.05, 0.1) is 17.6 Å². The van der Waals surface area contributed by atoms with E-state index in [1.54, 1.807) is 36.4 Å². The molecule has 0 fully saturated rings. The number of nitrogens with one attached hydrogen (secondary N) is 2. The number of para-hydroxylation sites is 2. The van der Waals surface area contributed by atoms with Crippen molar-refractivity contribution in [2.75, 3.05) is 23.3 Å². The SMILES string of the molecule is O=C1CN(C(=O)CCNC(=O)c2ccco2)c2ccccc2N1. The smallest absolute Gasteiger partial charge is 0.286 e. The zero-order valence-corrected chi connectivity index (χ0v) is 12.2. The lowest BCUT2D eigenvalue weighted by Crippen LogP contribution is -2.43. The van der Waals surface area contributed by atoms with E-state index in [0.29, 0.717) is 11.4 Å². The fraction of sp³-hybridized carbons (Fsp3) is 0.188. The van der Waals surface area contributed by atoms with E-state index in [-0.39, 0.29) is 43.0 Å². The van der Waals surface area contributed by atoms with Gasteiger partial charge in [-0.15, -0.1) is 0 Å². The lowest BCUT2D eigenvalue weighted by molar-refractivity contribution is -0.121. The standard InChI is InChI=1S/C16H15N3O4/c20-14-10-19(12-5-2-1-4-11(12)18-14)15(21)7-8-17-16(22)13-6-3-9-23-13/h1-6,9H,7-8,10H2,(H,17,22)(H,18,20). The van der Waals surface area contributed by atoms with E-state index in [2.05, 4.69) is 10.6 Å². The first kappa shape index (κ1) is 14.8. The summed E-state index contributed by atoms with van der Waals surface area (Å²) in [5, 5.41) is 5.33. The molecule has 0 saturated heterocycles. The Morgan fingerprint density at radius 3 is 2.83 bits per heavy atom. The van der Waals surface area contributed by atoms with Gasteiger partial charge in [0.1, 0.15) is 6.54 Å². The maximum Gasteiger partial charge on any atom is 0.286 e. The average Bonchev–Trinajstić information content (AvgIpc) is 3.08. The Morgan fingerprint density at radius 2 is 2.04 bits per heavy atom. The first-order valence-electron chi connectivity index (χ1n) is 7.16. The minimum atomic E-state index is -0.375. The summed E-state index contributed by atoms with van der Waals surface area (Å²) in [7, 11) is 0. The van der Waals surface area contributed by atoms with E-state index in [1.165, 1.54) is 11.2 Å². The third kappa shape index (κ3) is 3.23.